The number of esters is 2. The molecule has 0 aromatic carbocycles. The van der Waals surface area contributed by atoms with Gasteiger partial charge < -0.3 is 0 Å². The average Bonchev–Trinajstić information content (AvgIpc) is 2.35. The van der Waals surface area contributed by atoms with Crippen LogP contribution < -0.4 is 11.5 Å². The molecule has 0 heterocycles. The molecule has 0 aliphatic rings. The van der Waals surface area contributed by atoms with Crippen molar-refractivity contribution in [1.82, 2.24) is 0 Å². The van der Waals surface area contributed by atoms with Crippen LogP contribution in [-0.4, -0.2) is 68.1 Å². The zero-order valence-corrected chi connectivity index (χ0v) is 14.2. The molecule has 0 aromatic rings. The van der Waals surface area contributed by atoms with Gasteiger partial charge in [-0.15, -0.1) is 0 Å². The predicted octanol–water partition coefficient (Wildman–Crippen LogP) is -1.01. The Kier molecular flexibility index (Phi) is 10.5. The van der Waals surface area contributed by atoms with Gasteiger partial charge in [0.25, 0.3) is 0 Å². The number of rotatable bonds is 8. The van der Waals surface area contributed by atoms with Crippen LogP contribution in [0.2, 0.25) is 0 Å². The molecule has 4 N–H and O–H groups in total. The van der Waals surface area contributed by atoms with Gasteiger partial charge in [-0.2, -0.15) is 0 Å². The maximum absolute atomic E-state index is 11.0. The van der Waals surface area contributed by atoms with Crippen LogP contribution in [0.3, 0.4) is 0 Å². The summed E-state index contributed by atoms with van der Waals surface area (Å²) in [6.07, 6.45) is 0. The molecule has 2 radical (unpaired) electrons. The Bertz CT molecular complexity index is 234. The molecule has 2 atom stereocenters. The Morgan fingerprint density at radius 3 is 1.71 bits per heavy atom. The number of nitrogens with two attached hydrogens (primary N) is 2. The van der Waals surface area contributed by atoms with Crippen molar-refractivity contribution in [1.29, 1.82) is 0 Å². The van der Waals surface area contributed by atoms with Crippen molar-refractivity contribution >= 4 is 48.2 Å². The van der Waals surface area contributed by atoms with E-state index in [-0.39, 0.29) is 0 Å². The van der Waals surface area contributed by atoms with Gasteiger partial charge in [-0.3, -0.25) is 0 Å². The molecule has 0 aliphatic heterocycles. The van der Waals surface area contributed by atoms with E-state index in [1.807, 2.05) is 0 Å². The molecule has 2 unspecified atom stereocenters. The van der Waals surface area contributed by atoms with Gasteiger partial charge in [0, 0.05) is 0 Å². The first kappa shape index (κ1) is 17.4. The molecule has 98 valence electrons. The first-order valence-corrected chi connectivity index (χ1v) is 13.6. The van der Waals surface area contributed by atoms with Crippen molar-refractivity contribution in [2.24, 2.45) is 11.5 Å². The fourth-order valence-corrected chi connectivity index (χ4v) is 10.9. The fraction of sp³-hybridized carbons (Fsp3) is 0.750. The molecule has 0 aliphatic carbocycles. The van der Waals surface area contributed by atoms with Crippen LogP contribution in [0.25, 0.3) is 0 Å². The molecule has 0 aromatic heterocycles. The molecule has 0 amide bonds. The summed E-state index contributed by atoms with van der Waals surface area (Å²) in [5, 5.41) is 0. The van der Waals surface area contributed by atoms with Crippen molar-refractivity contribution in [3.05, 3.63) is 0 Å². The molecule has 0 saturated heterocycles. The molecule has 17 heavy (non-hydrogen) atoms. The van der Waals surface area contributed by atoms with Crippen molar-refractivity contribution in [3.63, 3.8) is 0 Å². The number of hydrogen-bond acceptors (Lipinski definition) is 8. The van der Waals surface area contributed by atoms with Crippen LogP contribution >= 0.6 is 17.9 Å². The quantitative estimate of drug-likeness (QED) is 0.310. The first-order valence-electron chi connectivity index (χ1n) is 4.68. The van der Waals surface area contributed by atoms with Gasteiger partial charge in [-0.25, -0.2) is 0 Å². The molecule has 9 heteroatoms. The Hall–Kier alpha value is 0.359. The van der Waals surface area contributed by atoms with E-state index in [4.69, 9.17) is 11.5 Å². The van der Waals surface area contributed by atoms with E-state index in [9.17, 15) is 9.59 Å². The summed E-state index contributed by atoms with van der Waals surface area (Å²) in [6.45, 7) is 0. The Morgan fingerprint density at radius 2 is 1.41 bits per heavy atom. The minimum absolute atomic E-state index is 0.395. The van der Waals surface area contributed by atoms with E-state index in [2.05, 4.69) is 9.47 Å². The third-order valence-corrected chi connectivity index (χ3v) is 12.6. The zero-order valence-electron chi connectivity index (χ0n) is 9.67. The summed E-state index contributed by atoms with van der Waals surface area (Å²) >= 11 is -0.764. The van der Waals surface area contributed by atoms with Crippen molar-refractivity contribution in [2.75, 3.05) is 25.7 Å². The second kappa shape index (κ2) is 10.3. The van der Waals surface area contributed by atoms with Gasteiger partial charge in [0.15, 0.2) is 0 Å². The van der Waals surface area contributed by atoms with Crippen LogP contribution in [0.4, 0.5) is 0 Å². The topological polar surface area (TPSA) is 105 Å². The molecule has 0 fully saturated rings. The van der Waals surface area contributed by atoms with E-state index in [0.29, 0.717) is 11.5 Å². The molecule has 0 spiro atoms. The van der Waals surface area contributed by atoms with Gasteiger partial charge >= 0.3 is 117 Å². The Morgan fingerprint density at radius 1 is 1.06 bits per heavy atom. The van der Waals surface area contributed by atoms with Crippen molar-refractivity contribution < 1.29 is 19.1 Å². The van der Waals surface area contributed by atoms with E-state index >= 15 is 0 Å². The maximum atomic E-state index is 11.0. The first-order chi connectivity index (χ1) is 8.02. The normalized spacial score (nSPS) is 13.9. The summed E-state index contributed by atoms with van der Waals surface area (Å²) in [7, 11) is 5.96. The van der Waals surface area contributed by atoms with Crippen molar-refractivity contribution in [3.8, 4) is 0 Å². The van der Waals surface area contributed by atoms with Gasteiger partial charge in [0.2, 0.25) is 0 Å². The van der Waals surface area contributed by atoms with Crippen LogP contribution in [-0.2, 0) is 19.1 Å². The van der Waals surface area contributed by atoms with E-state index in [1.54, 1.807) is 17.9 Å². The van der Waals surface area contributed by atoms with Crippen LogP contribution in [0.1, 0.15) is 0 Å². The third kappa shape index (κ3) is 8.14. The molecular weight excluding hydrogens is 371 g/mol. The second-order valence-electron chi connectivity index (χ2n) is 2.96. The van der Waals surface area contributed by atoms with Crippen LogP contribution in [0.15, 0.2) is 0 Å². The zero-order chi connectivity index (χ0) is 13.3. The summed E-state index contributed by atoms with van der Waals surface area (Å²) in [4.78, 5) is 22.0. The van der Waals surface area contributed by atoms with Crippen LogP contribution in [0, 0.1) is 0 Å². The summed E-state index contributed by atoms with van der Waals surface area (Å²) in [5.74, 6) is 0.319. The third-order valence-electron chi connectivity index (χ3n) is 1.65. The van der Waals surface area contributed by atoms with Crippen molar-refractivity contribution in [2.45, 2.75) is 12.1 Å². The molecule has 6 nitrogen and oxygen atoms in total. The predicted molar refractivity (Wildman–Crippen MR) is 70.7 cm³/mol. The van der Waals surface area contributed by atoms with Crippen LogP contribution in [0.5, 0.6) is 0 Å². The molecule has 0 bridgehead atoms. The molecule has 0 rings (SSSR count). The number of carbonyl (C=O) groups is 2. The number of ether oxygens (including phenoxy) is 2. The van der Waals surface area contributed by atoms with Gasteiger partial charge in [0.1, 0.15) is 0 Å². The number of methoxy groups -OCH3 is 2. The Balaban J connectivity index is 3.53. The number of hydrogen-bond donors (Lipinski definition) is 2. The fourth-order valence-electron chi connectivity index (χ4n) is 0.728. The summed E-state index contributed by atoms with van der Waals surface area (Å²) < 4.78 is 9.01. The monoisotopic (exact) mass is 388 g/mol. The van der Waals surface area contributed by atoms with E-state index < -0.39 is 42.4 Å². The summed E-state index contributed by atoms with van der Waals surface area (Å²) in [5.41, 5.74) is 11.1. The van der Waals surface area contributed by atoms with Gasteiger partial charge in [0.05, 0.1) is 0 Å². The van der Waals surface area contributed by atoms with E-state index in [0.717, 1.165) is 0 Å². The van der Waals surface area contributed by atoms with Gasteiger partial charge in [-0.05, 0) is 0 Å². The molecular formula is C8H16N2O4S2Sn. The second-order valence-corrected chi connectivity index (χ2v) is 14.1. The average molecular weight is 387 g/mol. The SMILES string of the molecule is COC(=O)C(N)C[S][Sn][S]CC(N)C(=O)OC. The standard InChI is InChI=1S/2C4H9NO2S.Sn/c2*1-7-4(6)3(5)2-8;/h2*3,8H,2,5H2,1H3;/q;;+2/p-2. The molecule has 0 saturated carbocycles. The number of carbonyl (C=O) groups excluding carboxylic acids is 2. The minimum atomic E-state index is -0.764. The Labute approximate surface area is 116 Å². The van der Waals surface area contributed by atoms with E-state index in [1.165, 1.54) is 14.2 Å². The summed E-state index contributed by atoms with van der Waals surface area (Å²) in [6, 6.07) is -1.14. The van der Waals surface area contributed by atoms with Gasteiger partial charge in [-0.1, -0.05) is 0 Å².